The maximum atomic E-state index is 14.0. The summed E-state index contributed by atoms with van der Waals surface area (Å²) in [4.78, 5) is 27.9. The summed E-state index contributed by atoms with van der Waals surface area (Å²) in [6.45, 7) is 4.33. The maximum absolute atomic E-state index is 14.0. The first-order valence-corrected chi connectivity index (χ1v) is 8.31. The molecule has 7 nitrogen and oxygen atoms in total. The van der Waals surface area contributed by atoms with Crippen LogP contribution in [0.5, 0.6) is 0 Å². The van der Waals surface area contributed by atoms with Gasteiger partial charge in [-0.1, -0.05) is 32.0 Å². The Kier molecular flexibility index (Phi) is 5.07. The molecule has 27 heavy (non-hydrogen) atoms. The van der Waals surface area contributed by atoms with Crippen LogP contribution in [0.2, 0.25) is 0 Å². The van der Waals surface area contributed by atoms with Crippen molar-refractivity contribution in [2.75, 3.05) is 11.9 Å². The number of halogens is 1. The number of nitrogens with one attached hydrogen (secondary N) is 1. The molecule has 0 aliphatic heterocycles. The Morgan fingerprint density at radius 3 is 2.52 bits per heavy atom. The summed E-state index contributed by atoms with van der Waals surface area (Å²) in [7, 11) is 0. The van der Waals surface area contributed by atoms with E-state index >= 15 is 0 Å². The first kappa shape index (κ1) is 18.4. The Labute approximate surface area is 155 Å². The summed E-state index contributed by atoms with van der Waals surface area (Å²) in [6.07, 6.45) is 4.54. The van der Waals surface area contributed by atoms with Crippen molar-refractivity contribution < 1.29 is 9.18 Å². The van der Waals surface area contributed by atoms with Crippen LogP contribution in [0.15, 0.2) is 48.9 Å². The second-order valence-corrected chi connectivity index (χ2v) is 6.64. The van der Waals surface area contributed by atoms with Gasteiger partial charge in [0.05, 0.1) is 5.56 Å². The second kappa shape index (κ2) is 7.45. The third-order valence-electron chi connectivity index (χ3n) is 4.11. The maximum Gasteiger partial charge on any atom is 0.267 e. The number of rotatable bonds is 6. The van der Waals surface area contributed by atoms with Gasteiger partial charge in [0.2, 0.25) is 5.95 Å². The molecule has 0 spiro atoms. The van der Waals surface area contributed by atoms with E-state index in [0.717, 1.165) is 0 Å². The molecule has 0 bridgehead atoms. The van der Waals surface area contributed by atoms with Crippen LogP contribution in [0.1, 0.15) is 29.9 Å². The van der Waals surface area contributed by atoms with Gasteiger partial charge in [-0.25, -0.2) is 24.3 Å². The van der Waals surface area contributed by atoms with E-state index in [1.54, 1.807) is 24.5 Å². The number of benzene rings is 1. The normalized spacial score (nSPS) is 11.2. The van der Waals surface area contributed by atoms with Gasteiger partial charge in [0.25, 0.3) is 5.91 Å². The van der Waals surface area contributed by atoms with Crippen molar-refractivity contribution in [3.8, 4) is 11.4 Å². The Morgan fingerprint density at radius 2 is 1.85 bits per heavy atom. The standard InChI is InChI=1S/C19H19FN6O/c1-19(2,13-5-3-4-6-14(13)20)11-25-18-23-9-12(10-24-18)17-22-8-7-15(26-17)16(21)27/h3-10H,11H2,1-2H3,(H2,21,27)(H,23,24,25). The number of hydrogen-bond donors (Lipinski definition) is 2. The molecule has 0 saturated heterocycles. The highest BCUT2D eigenvalue weighted by atomic mass is 19.1. The minimum atomic E-state index is -0.631. The molecular formula is C19H19FN6O. The van der Waals surface area contributed by atoms with E-state index in [1.807, 2.05) is 19.9 Å². The number of anilines is 1. The van der Waals surface area contributed by atoms with Crippen LogP contribution in [0.25, 0.3) is 11.4 Å². The number of aromatic nitrogens is 4. The Hall–Kier alpha value is -3.42. The van der Waals surface area contributed by atoms with Gasteiger partial charge in [-0.05, 0) is 17.7 Å². The molecular weight excluding hydrogens is 347 g/mol. The highest BCUT2D eigenvalue weighted by molar-refractivity contribution is 5.91. The summed E-state index contributed by atoms with van der Waals surface area (Å²) in [5.74, 6) is -0.168. The molecule has 1 aromatic carbocycles. The average Bonchev–Trinajstić information content (AvgIpc) is 2.67. The van der Waals surface area contributed by atoms with E-state index < -0.39 is 11.3 Å². The number of hydrogen-bond acceptors (Lipinski definition) is 6. The van der Waals surface area contributed by atoms with Crippen molar-refractivity contribution in [3.05, 3.63) is 66.0 Å². The van der Waals surface area contributed by atoms with Crippen LogP contribution in [-0.2, 0) is 5.41 Å². The molecule has 0 radical (unpaired) electrons. The molecule has 8 heteroatoms. The molecule has 3 rings (SSSR count). The highest BCUT2D eigenvalue weighted by Crippen LogP contribution is 2.25. The molecule has 0 atom stereocenters. The van der Waals surface area contributed by atoms with E-state index in [2.05, 4.69) is 25.3 Å². The minimum Gasteiger partial charge on any atom is -0.364 e. The van der Waals surface area contributed by atoms with Gasteiger partial charge in [-0.3, -0.25) is 4.79 Å². The number of primary amides is 1. The van der Waals surface area contributed by atoms with Crippen molar-refractivity contribution in [1.82, 2.24) is 19.9 Å². The van der Waals surface area contributed by atoms with Crippen molar-refractivity contribution in [2.24, 2.45) is 5.73 Å². The van der Waals surface area contributed by atoms with E-state index in [0.29, 0.717) is 29.4 Å². The number of nitrogens with two attached hydrogens (primary N) is 1. The fourth-order valence-electron chi connectivity index (χ4n) is 2.58. The predicted octanol–water partition coefficient (Wildman–Crippen LogP) is 2.56. The van der Waals surface area contributed by atoms with Gasteiger partial charge in [-0.15, -0.1) is 0 Å². The van der Waals surface area contributed by atoms with E-state index in [9.17, 15) is 9.18 Å². The Balaban J connectivity index is 1.72. The smallest absolute Gasteiger partial charge is 0.267 e. The third-order valence-corrected chi connectivity index (χ3v) is 4.11. The van der Waals surface area contributed by atoms with Gasteiger partial charge >= 0.3 is 0 Å². The molecule has 138 valence electrons. The SMILES string of the molecule is CC(C)(CNc1ncc(-c2nccc(C(N)=O)n2)cn1)c1ccccc1F. The van der Waals surface area contributed by atoms with Crippen molar-refractivity contribution in [3.63, 3.8) is 0 Å². The first-order valence-electron chi connectivity index (χ1n) is 8.31. The summed E-state index contributed by atoms with van der Waals surface area (Å²) in [5.41, 5.74) is 6.06. The van der Waals surface area contributed by atoms with Gasteiger partial charge in [0, 0.05) is 30.6 Å². The molecule has 1 amide bonds. The van der Waals surface area contributed by atoms with Crippen LogP contribution in [0, 0.1) is 5.82 Å². The zero-order valence-corrected chi connectivity index (χ0v) is 15.0. The van der Waals surface area contributed by atoms with E-state index in [-0.39, 0.29) is 11.5 Å². The van der Waals surface area contributed by atoms with Crippen LogP contribution in [0.3, 0.4) is 0 Å². The molecule has 0 unspecified atom stereocenters. The third kappa shape index (κ3) is 4.22. The largest absolute Gasteiger partial charge is 0.364 e. The molecule has 3 N–H and O–H groups in total. The lowest BCUT2D eigenvalue weighted by molar-refractivity contribution is 0.0995. The second-order valence-electron chi connectivity index (χ2n) is 6.64. The van der Waals surface area contributed by atoms with Gasteiger partial charge in [-0.2, -0.15) is 0 Å². The summed E-state index contributed by atoms with van der Waals surface area (Å²) in [5, 5.41) is 3.12. The lowest BCUT2D eigenvalue weighted by Crippen LogP contribution is -2.29. The minimum absolute atomic E-state index is 0.119. The van der Waals surface area contributed by atoms with Gasteiger partial charge in [0.1, 0.15) is 11.5 Å². The molecule has 2 aromatic heterocycles. The van der Waals surface area contributed by atoms with E-state index in [1.165, 1.54) is 18.3 Å². The van der Waals surface area contributed by atoms with Crippen LogP contribution in [-0.4, -0.2) is 32.4 Å². The fourth-order valence-corrected chi connectivity index (χ4v) is 2.58. The van der Waals surface area contributed by atoms with Crippen molar-refractivity contribution in [2.45, 2.75) is 19.3 Å². The first-order chi connectivity index (χ1) is 12.9. The topological polar surface area (TPSA) is 107 Å². The number of carbonyl (C=O) groups is 1. The van der Waals surface area contributed by atoms with Crippen molar-refractivity contribution in [1.29, 1.82) is 0 Å². The number of nitrogens with zero attached hydrogens (tertiary/aromatic N) is 4. The lowest BCUT2D eigenvalue weighted by Gasteiger charge is -2.26. The highest BCUT2D eigenvalue weighted by Gasteiger charge is 2.24. The zero-order valence-electron chi connectivity index (χ0n) is 15.0. The van der Waals surface area contributed by atoms with Crippen LogP contribution < -0.4 is 11.1 Å². The average molecular weight is 366 g/mol. The Bertz CT molecular complexity index is 958. The molecule has 0 fully saturated rings. The van der Waals surface area contributed by atoms with Gasteiger partial charge < -0.3 is 11.1 Å². The van der Waals surface area contributed by atoms with Crippen LogP contribution in [0.4, 0.5) is 10.3 Å². The summed E-state index contributed by atoms with van der Waals surface area (Å²) in [6, 6.07) is 8.13. The molecule has 2 heterocycles. The molecule has 3 aromatic rings. The number of amides is 1. The summed E-state index contributed by atoms with van der Waals surface area (Å²) >= 11 is 0. The number of carbonyl (C=O) groups excluding carboxylic acids is 1. The summed E-state index contributed by atoms with van der Waals surface area (Å²) < 4.78 is 14.0. The quantitative estimate of drug-likeness (QED) is 0.694. The van der Waals surface area contributed by atoms with Crippen molar-refractivity contribution >= 4 is 11.9 Å². The molecule has 0 aliphatic carbocycles. The predicted molar refractivity (Wildman–Crippen MR) is 99.5 cm³/mol. The van der Waals surface area contributed by atoms with E-state index in [4.69, 9.17) is 5.73 Å². The van der Waals surface area contributed by atoms with Crippen LogP contribution >= 0.6 is 0 Å². The van der Waals surface area contributed by atoms with Gasteiger partial charge in [0.15, 0.2) is 5.82 Å². The monoisotopic (exact) mass is 366 g/mol. The fraction of sp³-hybridized carbons (Fsp3) is 0.211. The Morgan fingerprint density at radius 1 is 1.15 bits per heavy atom. The zero-order chi connectivity index (χ0) is 19.4. The lowest BCUT2D eigenvalue weighted by atomic mass is 9.84. The molecule has 0 aliphatic rings. The molecule has 0 saturated carbocycles.